The lowest BCUT2D eigenvalue weighted by Gasteiger charge is -2.44. The van der Waals surface area contributed by atoms with E-state index in [-0.39, 0.29) is 18.6 Å². The average Bonchev–Trinajstić information content (AvgIpc) is 2.84. The van der Waals surface area contributed by atoms with Crippen LogP contribution in [0.3, 0.4) is 0 Å². The highest BCUT2D eigenvalue weighted by molar-refractivity contribution is 5.89. The summed E-state index contributed by atoms with van der Waals surface area (Å²) in [7, 11) is 0. The molecule has 0 bridgehead atoms. The molecule has 3 atom stereocenters. The molecule has 1 fully saturated rings. The number of hydrogen-bond acceptors (Lipinski definition) is 3. The summed E-state index contributed by atoms with van der Waals surface area (Å²) in [6.07, 6.45) is 4.26. The SMILES string of the molecule is Cc1[nH]c2cccc3c2c1C[C@@H]1C3C[C@@H](CO)CN1C#N. The van der Waals surface area contributed by atoms with Gasteiger partial charge in [0.15, 0.2) is 6.19 Å². The number of nitriles is 1. The minimum absolute atomic E-state index is 0.163. The van der Waals surface area contributed by atoms with Gasteiger partial charge in [-0.2, -0.15) is 5.26 Å². The predicted octanol–water partition coefficient (Wildman–Crippen LogP) is 2.28. The van der Waals surface area contributed by atoms with Crippen LogP contribution in [0, 0.1) is 24.3 Å². The molecule has 0 saturated carbocycles. The standard InChI is InChI=1S/C17H19N3O/c1-10-13-6-16-14(5-11(8-21)7-20(16)9-18)12-3-2-4-15(19-10)17(12)13/h2-4,11,14,16,19,21H,5-8H2,1H3/t11-,14?,16-/m1/s1. The zero-order valence-corrected chi connectivity index (χ0v) is 12.1. The van der Waals surface area contributed by atoms with E-state index >= 15 is 0 Å². The first-order valence-corrected chi connectivity index (χ1v) is 7.60. The Balaban J connectivity index is 1.90. The molecular formula is C17H19N3O. The van der Waals surface area contributed by atoms with E-state index in [1.165, 1.54) is 27.7 Å². The fraction of sp³-hybridized carbons (Fsp3) is 0.471. The summed E-state index contributed by atoms with van der Waals surface area (Å²) in [6, 6.07) is 6.67. The van der Waals surface area contributed by atoms with E-state index in [0.29, 0.717) is 12.5 Å². The van der Waals surface area contributed by atoms with Crippen molar-refractivity contribution in [2.24, 2.45) is 5.92 Å². The first-order chi connectivity index (χ1) is 10.2. The third-order valence-corrected chi connectivity index (χ3v) is 5.28. The van der Waals surface area contributed by atoms with Gasteiger partial charge in [0.1, 0.15) is 0 Å². The van der Waals surface area contributed by atoms with Gasteiger partial charge in [-0.3, -0.25) is 0 Å². The van der Waals surface area contributed by atoms with E-state index in [0.717, 1.165) is 12.8 Å². The van der Waals surface area contributed by atoms with Gasteiger partial charge in [-0.05, 0) is 37.0 Å². The van der Waals surface area contributed by atoms with Gasteiger partial charge in [0.2, 0.25) is 0 Å². The van der Waals surface area contributed by atoms with E-state index < -0.39 is 0 Å². The molecule has 4 heteroatoms. The molecule has 1 aliphatic carbocycles. The number of benzene rings is 1. The summed E-state index contributed by atoms with van der Waals surface area (Å²) >= 11 is 0. The third-order valence-electron chi connectivity index (χ3n) is 5.28. The lowest BCUT2D eigenvalue weighted by molar-refractivity contribution is 0.0975. The highest BCUT2D eigenvalue weighted by Gasteiger charge is 2.40. The van der Waals surface area contributed by atoms with Gasteiger partial charge < -0.3 is 15.0 Å². The number of aliphatic hydroxyl groups excluding tert-OH is 1. The van der Waals surface area contributed by atoms with Gasteiger partial charge in [-0.15, -0.1) is 0 Å². The van der Waals surface area contributed by atoms with Crippen molar-refractivity contribution in [1.82, 2.24) is 9.88 Å². The summed E-state index contributed by atoms with van der Waals surface area (Å²) in [5.41, 5.74) is 5.14. The number of aromatic nitrogens is 1. The van der Waals surface area contributed by atoms with Crippen LogP contribution in [-0.2, 0) is 6.42 Å². The van der Waals surface area contributed by atoms with Crippen molar-refractivity contribution in [3.8, 4) is 6.19 Å². The summed E-state index contributed by atoms with van der Waals surface area (Å²) in [5, 5.41) is 20.4. The molecule has 2 aliphatic rings. The molecule has 1 aromatic heterocycles. The van der Waals surface area contributed by atoms with Crippen LogP contribution in [0.1, 0.15) is 29.2 Å². The minimum atomic E-state index is 0.163. The quantitative estimate of drug-likeness (QED) is 0.788. The van der Waals surface area contributed by atoms with Crippen molar-refractivity contribution < 1.29 is 5.11 Å². The van der Waals surface area contributed by atoms with Crippen molar-refractivity contribution in [2.45, 2.75) is 31.7 Å². The number of H-pyrrole nitrogens is 1. The Morgan fingerprint density at radius 1 is 1.48 bits per heavy atom. The van der Waals surface area contributed by atoms with E-state index in [4.69, 9.17) is 0 Å². The molecule has 108 valence electrons. The van der Waals surface area contributed by atoms with E-state index in [1.54, 1.807) is 0 Å². The number of aliphatic hydroxyl groups is 1. The molecule has 1 aromatic carbocycles. The molecule has 21 heavy (non-hydrogen) atoms. The monoisotopic (exact) mass is 281 g/mol. The minimum Gasteiger partial charge on any atom is -0.396 e. The van der Waals surface area contributed by atoms with Crippen LogP contribution in [0.2, 0.25) is 0 Å². The fourth-order valence-corrected chi connectivity index (χ4v) is 4.30. The van der Waals surface area contributed by atoms with Crippen molar-refractivity contribution >= 4 is 10.9 Å². The van der Waals surface area contributed by atoms with Crippen LogP contribution in [0.25, 0.3) is 10.9 Å². The van der Waals surface area contributed by atoms with Crippen molar-refractivity contribution in [2.75, 3.05) is 13.2 Å². The van der Waals surface area contributed by atoms with Crippen molar-refractivity contribution in [3.05, 3.63) is 35.0 Å². The van der Waals surface area contributed by atoms with Crippen molar-refractivity contribution in [1.29, 1.82) is 5.26 Å². The van der Waals surface area contributed by atoms with Gasteiger partial charge in [0.05, 0.1) is 6.04 Å². The summed E-state index contributed by atoms with van der Waals surface area (Å²) in [4.78, 5) is 5.37. The molecule has 1 aliphatic heterocycles. The normalized spacial score (nSPS) is 27.5. The first kappa shape index (κ1) is 12.7. The number of hydrogen-bond donors (Lipinski definition) is 2. The molecule has 1 unspecified atom stereocenters. The van der Waals surface area contributed by atoms with Crippen LogP contribution in [-0.4, -0.2) is 34.2 Å². The van der Waals surface area contributed by atoms with Crippen molar-refractivity contribution in [3.63, 3.8) is 0 Å². The maximum atomic E-state index is 9.55. The Kier molecular flexibility index (Phi) is 2.73. The van der Waals surface area contributed by atoms with Crippen LogP contribution in [0.4, 0.5) is 0 Å². The molecule has 0 spiro atoms. The highest BCUT2D eigenvalue weighted by atomic mass is 16.3. The Morgan fingerprint density at radius 3 is 3.10 bits per heavy atom. The van der Waals surface area contributed by atoms with Crippen LogP contribution in [0.5, 0.6) is 0 Å². The van der Waals surface area contributed by atoms with E-state index in [9.17, 15) is 10.4 Å². The molecule has 4 rings (SSSR count). The molecular weight excluding hydrogens is 262 g/mol. The number of aromatic amines is 1. The largest absolute Gasteiger partial charge is 0.396 e. The number of aryl methyl sites for hydroxylation is 1. The number of nitrogens with zero attached hydrogens (tertiary/aromatic N) is 2. The van der Waals surface area contributed by atoms with Gasteiger partial charge in [0, 0.05) is 41.6 Å². The first-order valence-electron chi connectivity index (χ1n) is 7.60. The lowest BCUT2D eigenvalue weighted by atomic mass is 9.72. The number of nitrogens with one attached hydrogen (secondary N) is 1. The summed E-state index contributed by atoms with van der Waals surface area (Å²) in [5.74, 6) is 0.546. The smallest absolute Gasteiger partial charge is 0.179 e. The number of piperidine rings is 1. The maximum Gasteiger partial charge on any atom is 0.179 e. The zero-order chi connectivity index (χ0) is 14.6. The number of rotatable bonds is 1. The summed E-state index contributed by atoms with van der Waals surface area (Å²) < 4.78 is 0. The fourth-order valence-electron chi connectivity index (χ4n) is 4.30. The number of fused-ring (bicyclic) bond motifs is 2. The highest BCUT2D eigenvalue weighted by Crippen LogP contribution is 2.45. The summed E-state index contributed by atoms with van der Waals surface area (Å²) in [6.45, 7) is 2.97. The Morgan fingerprint density at radius 2 is 2.33 bits per heavy atom. The van der Waals surface area contributed by atoms with Gasteiger partial charge in [-0.1, -0.05) is 12.1 Å². The second kappa shape index (κ2) is 4.51. The maximum absolute atomic E-state index is 9.55. The van der Waals surface area contributed by atoms with Crippen LogP contribution >= 0.6 is 0 Å². The molecule has 0 amide bonds. The average molecular weight is 281 g/mol. The lowest BCUT2D eigenvalue weighted by Crippen LogP contribution is -2.48. The molecule has 1 saturated heterocycles. The second-order valence-corrected chi connectivity index (χ2v) is 6.41. The molecule has 2 N–H and O–H groups in total. The predicted molar refractivity (Wildman–Crippen MR) is 80.8 cm³/mol. The molecule has 4 nitrogen and oxygen atoms in total. The van der Waals surface area contributed by atoms with Gasteiger partial charge in [0.25, 0.3) is 0 Å². The number of likely N-dealkylation sites (tertiary alicyclic amines) is 1. The molecule has 2 aromatic rings. The van der Waals surface area contributed by atoms with E-state index in [2.05, 4.69) is 36.3 Å². The third kappa shape index (κ3) is 1.71. The Hall–Kier alpha value is -1.99. The Labute approximate surface area is 124 Å². The van der Waals surface area contributed by atoms with Gasteiger partial charge in [-0.25, -0.2) is 0 Å². The molecule has 2 heterocycles. The second-order valence-electron chi connectivity index (χ2n) is 6.41. The topological polar surface area (TPSA) is 63.0 Å². The molecule has 0 radical (unpaired) electrons. The van der Waals surface area contributed by atoms with Crippen LogP contribution < -0.4 is 0 Å². The zero-order valence-electron chi connectivity index (χ0n) is 12.1. The van der Waals surface area contributed by atoms with Gasteiger partial charge >= 0.3 is 0 Å². The van der Waals surface area contributed by atoms with Crippen LogP contribution in [0.15, 0.2) is 18.2 Å². The Bertz CT molecular complexity index is 742. The van der Waals surface area contributed by atoms with E-state index in [1.807, 2.05) is 4.90 Å².